The molecule has 0 aliphatic carbocycles. The Bertz CT molecular complexity index is 1140. The minimum atomic E-state index is -5.92. The first-order valence-electron chi connectivity index (χ1n) is 7.99. The Kier molecular flexibility index (Phi) is 16.9. The minimum absolute atomic E-state index is 0. The topological polar surface area (TPSA) is 319 Å². The standard InChI is InChI=1S/C10H13N5O4.3Na.H5O10P3/c11-10-13-8-7(9(18)14-10)12-3-15(8)6-1-4(17)5(2-16)19-6;;;;1-11(2,3)9-13(7,8)10-12(4,5)6/h3-6,16-17H,1-2H2,(H3,11,13,14,18);;;;(H,7,8)(H2,1,2,3)(H2,4,5,6)/q;3*+1;/p-3/t4-,5+,6+;;;;/m0..../s1. The van der Waals surface area contributed by atoms with Crippen molar-refractivity contribution >= 4 is 40.6 Å². The molecule has 1 aliphatic rings. The molecule has 35 heavy (non-hydrogen) atoms. The van der Waals surface area contributed by atoms with Crippen LogP contribution in [-0.4, -0.2) is 58.3 Å². The molecule has 7 N–H and O–H groups in total. The summed E-state index contributed by atoms with van der Waals surface area (Å²) in [6.07, 6.45) is -0.270. The van der Waals surface area contributed by atoms with Crippen LogP contribution in [0.15, 0.2) is 11.1 Å². The molecular weight excluding hydrogens is 576 g/mol. The number of imidazole rings is 1. The van der Waals surface area contributed by atoms with E-state index < -0.39 is 47.5 Å². The van der Waals surface area contributed by atoms with Crippen molar-refractivity contribution in [3.63, 3.8) is 0 Å². The number of ether oxygens (including phenoxy) is 1. The van der Waals surface area contributed by atoms with Gasteiger partial charge in [-0.25, -0.2) is 13.9 Å². The first-order chi connectivity index (χ1) is 14.5. The van der Waals surface area contributed by atoms with Gasteiger partial charge >= 0.3 is 96.5 Å². The number of phosphoric acid groups is 3. The number of hydrogen-bond acceptors (Lipinski definition) is 15. The number of rotatable bonds is 6. The van der Waals surface area contributed by atoms with Crippen LogP contribution >= 0.6 is 23.5 Å². The Hall–Kier alpha value is 1.44. The number of aliphatic hydroxyl groups is 2. The van der Waals surface area contributed by atoms with Crippen LogP contribution in [0.4, 0.5) is 5.95 Å². The maximum absolute atomic E-state index is 11.6. The molecule has 1 unspecified atom stereocenters. The van der Waals surface area contributed by atoms with Crippen molar-refractivity contribution in [2.45, 2.75) is 24.9 Å². The number of anilines is 1. The van der Waals surface area contributed by atoms with E-state index in [4.69, 9.17) is 25.4 Å². The van der Waals surface area contributed by atoms with Gasteiger partial charge < -0.3 is 49.7 Å². The Morgan fingerprint density at radius 2 is 1.77 bits per heavy atom. The maximum Gasteiger partial charge on any atom is 1.00 e. The summed E-state index contributed by atoms with van der Waals surface area (Å²) >= 11 is 0. The minimum Gasteiger partial charge on any atom is -0.790 e. The molecule has 1 aliphatic heterocycles. The Morgan fingerprint density at radius 3 is 2.23 bits per heavy atom. The van der Waals surface area contributed by atoms with Gasteiger partial charge in [-0.05, 0) is 0 Å². The summed E-state index contributed by atoms with van der Waals surface area (Å²) in [6, 6.07) is 0. The first-order valence-corrected chi connectivity index (χ1v) is 12.4. The number of aromatic nitrogens is 4. The summed E-state index contributed by atoms with van der Waals surface area (Å²) in [7, 11) is -17.2. The van der Waals surface area contributed by atoms with Crippen molar-refractivity contribution in [1.82, 2.24) is 19.5 Å². The number of fused-ring (bicyclic) bond motifs is 1. The third kappa shape index (κ3) is 12.4. The summed E-state index contributed by atoms with van der Waals surface area (Å²) in [4.78, 5) is 67.3. The van der Waals surface area contributed by atoms with Gasteiger partial charge in [0, 0.05) is 6.42 Å². The molecule has 0 radical (unpaired) electrons. The van der Waals surface area contributed by atoms with Gasteiger partial charge in [0.05, 0.1) is 26.9 Å². The Labute approximate surface area is 261 Å². The number of nitrogens with zero attached hydrogens (tertiary/aromatic N) is 3. The molecule has 0 saturated carbocycles. The average molecular weight is 591 g/mol. The molecular formula is C10H15N5Na3O14P3. The van der Waals surface area contributed by atoms with Crippen molar-refractivity contribution < 1.29 is 150 Å². The number of H-pyrrole nitrogens is 1. The van der Waals surface area contributed by atoms with E-state index in [9.17, 15) is 38.3 Å². The molecule has 4 atom stereocenters. The summed E-state index contributed by atoms with van der Waals surface area (Å²) in [5, 5.41) is 18.8. The molecule has 3 heterocycles. The zero-order valence-corrected chi connectivity index (χ0v) is 27.0. The fourth-order valence-corrected chi connectivity index (χ4v) is 4.88. The smallest absolute Gasteiger partial charge is 0.790 e. The van der Waals surface area contributed by atoms with Crippen LogP contribution in [0.3, 0.4) is 0 Å². The number of hydrogen-bond donors (Lipinski definition) is 6. The number of nitrogen functional groups attached to an aromatic ring is 1. The van der Waals surface area contributed by atoms with E-state index in [1.165, 1.54) is 10.9 Å². The molecule has 1 saturated heterocycles. The van der Waals surface area contributed by atoms with Crippen LogP contribution in [0, 0.1) is 0 Å². The van der Waals surface area contributed by atoms with E-state index in [0.717, 1.165) is 0 Å². The summed E-state index contributed by atoms with van der Waals surface area (Å²) in [5.41, 5.74) is 5.50. The third-order valence-electron chi connectivity index (χ3n) is 3.55. The predicted octanol–water partition coefficient (Wildman–Crippen LogP) is -13.2. The molecule has 3 rings (SSSR count). The number of aromatic amines is 1. The molecule has 0 amide bonds. The van der Waals surface area contributed by atoms with E-state index in [1.54, 1.807) is 0 Å². The largest absolute Gasteiger partial charge is 1.00 e. The first kappa shape index (κ1) is 38.6. The van der Waals surface area contributed by atoms with E-state index in [1.807, 2.05) is 0 Å². The fourth-order valence-electron chi connectivity index (χ4n) is 2.47. The number of aliphatic hydroxyl groups excluding tert-OH is 2. The van der Waals surface area contributed by atoms with Gasteiger partial charge in [0.15, 0.2) is 11.2 Å². The van der Waals surface area contributed by atoms with Crippen molar-refractivity contribution in [2.24, 2.45) is 0 Å². The monoisotopic (exact) mass is 591 g/mol. The molecule has 0 spiro atoms. The van der Waals surface area contributed by atoms with Gasteiger partial charge in [-0.15, -0.1) is 0 Å². The predicted molar refractivity (Wildman–Crippen MR) is 93.6 cm³/mol. The van der Waals surface area contributed by atoms with Gasteiger partial charge in [-0.2, -0.15) is 4.98 Å². The second kappa shape index (κ2) is 15.3. The zero-order valence-electron chi connectivity index (χ0n) is 18.4. The van der Waals surface area contributed by atoms with Crippen molar-refractivity contribution in [2.75, 3.05) is 12.3 Å². The molecule has 2 aromatic rings. The second-order valence-electron chi connectivity index (χ2n) is 5.94. The zero-order chi connectivity index (χ0) is 24.5. The van der Waals surface area contributed by atoms with Crippen molar-refractivity contribution in [3.8, 4) is 0 Å². The van der Waals surface area contributed by atoms with Crippen LogP contribution in [-0.2, 0) is 27.1 Å². The molecule has 25 heteroatoms. The average Bonchev–Trinajstić information content (AvgIpc) is 3.13. The van der Waals surface area contributed by atoms with E-state index >= 15 is 0 Å². The van der Waals surface area contributed by atoms with Gasteiger partial charge in [0.2, 0.25) is 5.95 Å². The third-order valence-corrected chi connectivity index (χ3v) is 6.80. The van der Waals surface area contributed by atoms with Gasteiger partial charge in [-0.3, -0.25) is 23.2 Å². The summed E-state index contributed by atoms with van der Waals surface area (Å²) in [6.45, 7) is -0.277. The Balaban J connectivity index is 0. The SMILES string of the molecule is Nc1nc2c(ncn2[C@H]2C[C@H](O)[C@@H](CO)O2)c(=O)[nH]1.O=P([O-])([O-])OP(=O)([O-])OP(=O)(O)O.[Na+].[Na+].[Na+]. The second-order valence-corrected chi connectivity index (χ2v) is 10.0. The molecule has 19 nitrogen and oxygen atoms in total. The van der Waals surface area contributed by atoms with E-state index in [0.29, 0.717) is 0 Å². The van der Waals surface area contributed by atoms with Gasteiger partial charge in [-0.1, -0.05) is 0 Å². The fraction of sp³-hybridized carbons (Fsp3) is 0.500. The summed E-state index contributed by atoms with van der Waals surface area (Å²) in [5.74, 6) is -0.0171. The van der Waals surface area contributed by atoms with Gasteiger partial charge in [0.25, 0.3) is 13.4 Å². The normalized spacial score (nSPS) is 21.5. The molecule has 0 bridgehead atoms. The Morgan fingerprint density at radius 1 is 1.20 bits per heavy atom. The van der Waals surface area contributed by atoms with E-state index in [-0.39, 0.29) is 119 Å². The molecule has 1 fully saturated rings. The summed E-state index contributed by atoms with van der Waals surface area (Å²) < 4.78 is 42.3. The molecule has 0 aromatic carbocycles. The van der Waals surface area contributed by atoms with Crippen LogP contribution in [0.25, 0.3) is 11.2 Å². The molecule has 182 valence electrons. The number of nitrogens with two attached hydrogens (primary N) is 1. The van der Waals surface area contributed by atoms with Crippen LogP contribution in [0.2, 0.25) is 0 Å². The van der Waals surface area contributed by atoms with E-state index in [2.05, 4.69) is 23.6 Å². The van der Waals surface area contributed by atoms with Crippen LogP contribution in [0.5, 0.6) is 0 Å². The van der Waals surface area contributed by atoms with Crippen LogP contribution in [0.1, 0.15) is 12.6 Å². The van der Waals surface area contributed by atoms with Gasteiger partial charge in [0.1, 0.15) is 12.3 Å². The maximum atomic E-state index is 11.6. The number of nitrogens with one attached hydrogen (secondary N) is 1. The molecule has 2 aromatic heterocycles. The van der Waals surface area contributed by atoms with Crippen LogP contribution < -0.4 is 115 Å². The van der Waals surface area contributed by atoms with Crippen molar-refractivity contribution in [1.29, 1.82) is 0 Å². The quantitative estimate of drug-likeness (QED) is 0.134. The van der Waals surface area contributed by atoms with Crippen molar-refractivity contribution in [3.05, 3.63) is 16.7 Å².